The van der Waals surface area contributed by atoms with E-state index in [4.69, 9.17) is 24.8 Å². The molecule has 2 aromatic carbocycles. The third kappa shape index (κ3) is 6.08. The second-order valence-corrected chi connectivity index (χ2v) is 5.80. The Hall–Kier alpha value is -3.42. The smallest absolute Gasteiger partial charge is 0.265 e. The number of nitrogens with one attached hydrogen (secondary N) is 1. The van der Waals surface area contributed by atoms with Crippen LogP contribution in [-0.2, 0) is 16.1 Å². The molecule has 0 saturated heterocycles. The molecular formula is C20H25N3O5. The number of hydrogen-bond donors (Lipinski definition) is 2. The summed E-state index contributed by atoms with van der Waals surface area (Å²) in [4.78, 5) is 17.1. The van der Waals surface area contributed by atoms with Gasteiger partial charge in [-0.05, 0) is 12.0 Å². The number of amidine groups is 1. The first-order valence-electron chi connectivity index (χ1n) is 8.65. The maximum atomic E-state index is 12.1. The molecule has 0 aromatic heterocycles. The normalized spacial score (nSPS) is 10.9. The first-order chi connectivity index (χ1) is 13.6. The Kier molecular flexibility index (Phi) is 7.95. The highest BCUT2D eigenvalue weighted by atomic mass is 16.6. The predicted molar refractivity (Wildman–Crippen MR) is 107 cm³/mol. The molecule has 3 N–H and O–H groups in total. The molecule has 0 heterocycles. The fourth-order valence-electron chi connectivity index (χ4n) is 2.49. The quantitative estimate of drug-likeness (QED) is 0.369. The molecule has 0 bridgehead atoms. The van der Waals surface area contributed by atoms with Crippen LogP contribution in [0.3, 0.4) is 0 Å². The molecule has 0 aliphatic carbocycles. The summed E-state index contributed by atoms with van der Waals surface area (Å²) in [6.07, 6.45) is 1.29. The summed E-state index contributed by atoms with van der Waals surface area (Å²) in [6.45, 7) is -0.275. The number of carbonyl (C=O) groups excluding carboxylic acids is 1. The molecule has 28 heavy (non-hydrogen) atoms. The molecule has 0 spiro atoms. The van der Waals surface area contributed by atoms with Gasteiger partial charge in [0.2, 0.25) is 5.75 Å². The average Bonchev–Trinajstić information content (AvgIpc) is 2.72. The lowest BCUT2D eigenvalue weighted by Crippen LogP contribution is -2.19. The second-order valence-electron chi connectivity index (χ2n) is 5.80. The summed E-state index contributed by atoms with van der Waals surface area (Å²) in [5.41, 5.74) is 7.44. The fraction of sp³-hybridized carbons (Fsp3) is 0.300. The van der Waals surface area contributed by atoms with Crippen LogP contribution in [0, 0.1) is 0 Å². The minimum Gasteiger partial charge on any atom is -0.493 e. The summed E-state index contributed by atoms with van der Waals surface area (Å²) in [5.74, 6) is 1.23. The van der Waals surface area contributed by atoms with Crippen LogP contribution in [0.4, 0.5) is 5.69 Å². The summed E-state index contributed by atoms with van der Waals surface area (Å²) in [6, 6.07) is 13.2. The topological polar surface area (TPSA) is 104 Å². The Balaban J connectivity index is 1.86. The van der Waals surface area contributed by atoms with Crippen LogP contribution in [0.15, 0.2) is 47.6 Å². The van der Waals surface area contributed by atoms with Gasteiger partial charge in [0.1, 0.15) is 5.84 Å². The van der Waals surface area contributed by atoms with Crippen molar-refractivity contribution in [3.05, 3.63) is 48.0 Å². The third-order valence-corrected chi connectivity index (χ3v) is 3.84. The van der Waals surface area contributed by atoms with Crippen molar-refractivity contribution in [1.29, 1.82) is 0 Å². The highest BCUT2D eigenvalue weighted by Crippen LogP contribution is 2.39. The van der Waals surface area contributed by atoms with Crippen molar-refractivity contribution in [1.82, 2.24) is 0 Å². The monoisotopic (exact) mass is 387 g/mol. The van der Waals surface area contributed by atoms with Gasteiger partial charge in [-0.3, -0.25) is 4.79 Å². The molecule has 2 aromatic rings. The molecule has 0 radical (unpaired) electrons. The van der Waals surface area contributed by atoms with Crippen LogP contribution < -0.4 is 25.3 Å². The molecule has 0 aliphatic rings. The van der Waals surface area contributed by atoms with E-state index in [1.807, 2.05) is 30.3 Å². The number of carbonyl (C=O) groups is 1. The van der Waals surface area contributed by atoms with E-state index in [9.17, 15) is 4.79 Å². The van der Waals surface area contributed by atoms with Gasteiger partial charge in [0.05, 0.1) is 21.3 Å². The maximum absolute atomic E-state index is 12.1. The molecule has 0 fully saturated rings. The number of benzene rings is 2. The zero-order valence-electron chi connectivity index (χ0n) is 16.2. The van der Waals surface area contributed by atoms with Gasteiger partial charge in [0.15, 0.2) is 18.1 Å². The van der Waals surface area contributed by atoms with Gasteiger partial charge in [0, 0.05) is 24.2 Å². The summed E-state index contributed by atoms with van der Waals surface area (Å²) in [5, 5.41) is 6.46. The number of anilines is 1. The van der Waals surface area contributed by atoms with Gasteiger partial charge in [-0.2, -0.15) is 0 Å². The van der Waals surface area contributed by atoms with Crippen molar-refractivity contribution in [2.45, 2.75) is 12.8 Å². The van der Waals surface area contributed by atoms with Gasteiger partial charge in [-0.1, -0.05) is 35.5 Å². The van der Waals surface area contributed by atoms with E-state index >= 15 is 0 Å². The lowest BCUT2D eigenvalue weighted by Gasteiger charge is -2.14. The zero-order valence-corrected chi connectivity index (χ0v) is 16.2. The Labute approximate surface area is 164 Å². The summed E-state index contributed by atoms with van der Waals surface area (Å²) >= 11 is 0. The molecule has 0 aliphatic heterocycles. The molecule has 8 heteroatoms. The van der Waals surface area contributed by atoms with Crippen LogP contribution >= 0.6 is 0 Å². The van der Waals surface area contributed by atoms with Crippen molar-refractivity contribution in [2.75, 3.05) is 33.3 Å². The van der Waals surface area contributed by atoms with E-state index in [0.29, 0.717) is 35.2 Å². The fourth-order valence-corrected chi connectivity index (χ4v) is 2.49. The van der Waals surface area contributed by atoms with Crippen molar-refractivity contribution < 1.29 is 23.8 Å². The Morgan fingerprint density at radius 2 is 1.68 bits per heavy atom. The second kappa shape index (κ2) is 10.7. The highest BCUT2D eigenvalue weighted by molar-refractivity contribution is 5.92. The molecule has 8 nitrogen and oxygen atoms in total. The van der Waals surface area contributed by atoms with Crippen molar-refractivity contribution in [3.63, 3.8) is 0 Å². The number of nitrogens with zero attached hydrogens (tertiary/aromatic N) is 1. The molecule has 1 amide bonds. The Bertz CT molecular complexity index is 784. The van der Waals surface area contributed by atoms with Gasteiger partial charge < -0.3 is 30.1 Å². The molecule has 2 rings (SSSR count). The lowest BCUT2D eigenvalue weighted by atomic mass is 10.1. The van der Waals surface area contributed by atoms with Crippen LogP contribution in [0.25, 0.3) is 0 Å². The summed E-state index contributed by atoms with van der Waals surface area (Å²) < 4.78 is 15.7. The van der Waals surface area contributed by atoms with E-state index < -0.39 is 5.91 Å². The predicted octanol–water partition coefficient (Wildman–Crippen LogP) is 2.57. The van der Waals surface area contributed by atoms with E-state index in [2.05, 4.69) is 10.5 Å². The van der Waals surface area contributed by atoms with Crippen molar-refractivity contribution in [2.24, 2.45) is 10.9 Å². The largest absolute Gasteiger partial charge is 0.493 e. The van der Waals surface area contributed by atoms with E-state index in [1.165, 1.54) is 21.3 Å². The molecule has 0 saturated carbocycles. The van der Waals surface area contributed by atoms with Gasteiger partial charge in [-0.15, -0.1) is 0 Å². The average molecular weight is 387 g/mol. The minimum absolute atomic E-state index is 0.275. The maximum Gasteiger partial charge on any atom is 0.265 e. The van der Waals surface area contributed by atoms with E-state index in [-0.39, 0.29) is 6.61 Å². The minimum atomic E-state index is -0.395. The van der Waals surface area contributed by atoms with Gasteiger partial charge in [0.25, 0.3) is 5.91 Å². The number of methoxy groups -OCH3 is 3. The Morgan fingerprint density at radius 3 is 2.25 bits per heavy atom. The SMILES string of the molecule is COc1cc(NC(=O)CO/N=C(\N)CCc2ccccc2)cc(OC)c1OC. The number of ether oxygens (including phenoxy) is 3. The van der Waals surface area contributed by atoms with E-state index in [1.54, 1.807) is 12.1 Å². The molecule has 0 atom stereocenters. The molecular weight excluding hydrogens is 362 g/mol. The van der Waals surface area contributed by atoms with E-state index in [0.717, 1.165) is 12.0 Å². The summed E-state index contributed by atoms with van der Waals surface area (Å²) in [7, 11) is 4.50. The first kappa shape index (κ1) is 20.9. The lowest BCUT2D eigenvalue weighted by molar-refractivity contribution is -0.120. The van der Waals surface area contributed by atoms with Crippen molar-refractivity contribution >= 4 is 17.4 Å². The number of hydrogen-bond acceptors (Lipinski definition) is 6. The highest BCUT2D eigenvalue weighted by Gasteiger charge is 2.14. The zero-order chi connectivity index (χ0) is 20.4. The number of rotatable bonds is 10. The first-order valence-corrected chi connectivity index (χ1v) is 8.65. The number of oxime groups is 1. The number of amides is 1. The number of aryl methyl sites for hydroxylation is 1. The Morgan fingerprint density at radius 1 is 1.04 bits per heavy atom. The van der Waals surface area contributed by atoms with Crippen LogP contribution in [0.5, 0.6) is 17.2 Å². The third-order valence-electron chi connectivity index (χ3n) is 3.84. The molecule has 0 unspecified atom stereocenters. The van der Waals surface area contributed by atoms with Crippen LogP contribution in [0.1, 0.15) is 12.0 Å². The molecule has 150 valence electrons. The number of nitrogens with two attached hydrogens (primary N) is 1. The standard InChI is InChI=1S/C20H25N3O5/c1-25-16-11-15(12-17(26-2)20(16)27-3)22-19(24)13-28-23-18(21)10-9-14-7-5-4-6-8-14/h4-8,11-12H,9-10,13H2,1-3H3,(H2,21,23)(H,22,24). The van der Waals surface area contributed by atoms with Crippen LogP contribution in [0.2, 0.25) is 0 Å². The van der Waals surface area contributed by atoms with Crippen molar-refractivity contribution in [3.8, 4) is 17.2 Å². The van der Waals surface area contributed by atoms with Crippen LogP contribution in [-0.4, -0.2) is 39.7 Å². The van der Waals surface area contributed by atoms with Gasteiger partial charge in [-0.25, -0.2) is 0 Å². The van der Waals surface area contributed by atoms with Gasteiger partial charge >= 0.3 is 0 Å².